The summed E-state index contributed by atoms with van der Waals surface area (Å²) >= 11 is 0. The maximum atomic E-state index is 13.0. The molecule has 2 atom stereocenters. The monoisotopic (exact) mass is 454 g/mol. The van der Waals surface area contributed by atoms with E-state index in [1.54, 1.807) is 4.90 Å². The Labute approximate surface area is 195 Å². The molecule has 1 aromatic rings. The number of piperidine rings is 1. The minimum absolute atomic E-state index is 0.118. The molecule has 3 aliphatic rings. The van der Waals surface area contributed by atoms with Crippen molar-refractivity contribution in [3.8, 4) is 5.75 Å². The van der Waals surface area contributed by atoms with Crippen molar-refractivity contribution < 1.29 is 19.1 Å². The van der Waals surface area contributed by atoms with Crippen LogP contribution in [0.1, 0.15) is 18.4 Å². The summed E-state index contributed by atoms with van der Waals surface area (Å²) in [6.07, 6.45) is 6.29. The molecule has 0 unspecified atom stereocenters. The third kappa shape index (κ3) is 5.93. The first kappa shape index (κ1) is 23.3. The van der Waals surface area contributed by atoms with Gasteiger partial charge >= 0.3 is 0 Å². The van der Waals surface area contributed by atoms with E-state index in [2.05, 4.69) is 6.08 Å². The zero-order chi connectivity index (χ0) is 23.2. The first-order valence-corrected chi connectivity index (χ1v) is 11.8. The Bertz CT molecular complexity index is 881. The zero-order valence-corrected chi connectivity index (χ0v) is 19.4. The molecule has 4 rings (SSSR count). The minimum atomic E-state index is 0.118. The van der Waals surface area contributed by atoms with Crippen LogP contribution in [0.5, 0.6) is 5.75 Å². The first-order chi connectivity index (χ1) is 16.0. The van der Waals surface area contributed by atoms with E-state index in [1.807, 2.05) is 52.1 Å². The molecule has 3 aliphatic heterocycles. The molecule has 2 saturated heterocycles. The Morgan fingerprint density at radius 1 is 1.12 bits per heavy atom. The van der Waals surface area contributed by atoms with Crippen LogP contribution in [0, 0.1) is 11.8 Å². The Balaban J connectivity index is 1.45. The predicted octanol–water partition coefficient (Wildman–Crippen LogP) is 1.22. The highest BCUT2D eigenvalue weighted by molar-refractivity contribution is 5.79. The van der Waals surface area contributed by atoms with Crippen LogP contribution in [-0.4, -0.2) is 97.3 Å². The largest absolute Gasteiger partial charge is 0.489 e. The molecular formula is C25H34N4O4. The number of fused-ring (bicyclic) bond motifs is 3. The number of nitrogens with zero attached hydrogens (tertiary/aromatic N) is 4. The van der Waals surface area contributed by atoms with Crippen molar-refractivity contribution >= 4 is 18.2 Å². The van der Waals surface area contributed by atoms with Crippen molar-refractivity contribution in [2.75, 3.05) is 59.5 Å². The molecule has 0 N–H and O–H groups in total. The molecule has 0 aromatic heterocycles. The van der Waals surface area contributed by atoms with Gasteiger partial charge in [-0.05, 0) is 31.4 Å². The summed E-state index contributed by atoms with van der Waals surface area (Å²) in [5.41, 5.74) is 1.07. The van der Waals surface area contributed by atoms with Gasteiger partial charge in [0, 0.05) is 57.8 Å². The Hall–Kier alpha value is -2.87. The Kier molecular flexibility index (Phi) is 7.65. The van der Waals surface area contributed by atoms with Gasteiger partial charge in [0.15, 0.2) is 0 Å². The highest BCUT2D eigenvalue weighted by Gasteiger charge is 2.33. The topological polar surface area (TPSA) is 73.4 Å². The number of carbonyl (C=O) groups excluding carboxylic acids is 3. The van der Waals surface area contributed by atoms with Crippen LogP contribution >= 0.6 is 0 Å². The van der Waals surface area contributed by atoms with Crippen molar-refractivity contribution in [2.24, 2.45) is 11.8 Å². The number of benzene rings is 1. The number of carbonyl (C=O) groups is 3. The van der Waals surface area contributed by atoms with Gasteiger partial charge in [-0.1, -0.05) is 30.4 Å². The minimum Gasteiger partial charge on any atom is -0.489 e. The number of hydrogen-bond acceptors (Lipinski definition) is 5. The molecule has 8 nitrogen and oxygen atoms in total. The standard InChI is InChI=1S/C25H34N4O4/c1-26-16-22-5-2-3-7-23(22)33-14-4-6-21-17-29(25(32)18-26)9-8-20(21)15-24(31)28-12-10-27(19-30)11-13-28/h2-7,19-21H,8-18H2,1H3/b6-4-/t20-,21-/m0/s1. The fourth-order valence-corrected chi connectivity index (χ4v) is 4.98. The second kappa shape index (κ2) is 10.8. The van der Waals surface area contributed by atoms with E-state index < -0.39 is 0 Å². The van der Waals surface area contributed by atoms with Gasteiger partial charge in [0.1, 0.15) is 12.4 Å². The number of rotatable bonds is 3. The lowest BCUT2D eigenvalue weighted by Crippen LogP contribution is -2.50. The molecule has 2 bridgehead atoms. The first-order valence-electron chi connectivity index (χ1n) is 11.8. The fourth-order valence-electron chi connectivity index (χ4n) is 4.98. The van der Waals surface area contributed by atoms with Crippen LogP contribution in [-0.2, 0) is 20.9 Å². The van der Waals surface area contributed by atoms with E-state index in [4.69, 9.17) is 4.74 Å². The Morgan fingerprint density at radius 3 is 2.70 bits per heavy atom. The van der Waals surface area contributed by atoms with Crippen molar-refractivity contribution in [3.63, 3.8) is 0 Å². The van der Waals surface area contributed by atoms with Gasteiger partial charge in [0.25, 0.3) is 0 Å². The number of piperazine rings is 1. The maximum Gasteiger partial charge on any atom is 0.236 e. The highest BCUT2D eigenvalue weighted by atomic mass is 16.5. The van der Waals surface area contributed by atoms with Crippen LogP contribution in [0.4, 0.5) is 0 Å². The van der Waals surface area contributed by atoms with Crippen LogP contribution in [0.2, 0.25) is 0 Å². The third-order valence-electron chi connectivity index (χ3n) is 6.95. The smallest absolute Gasteiger partial charge is 0.236 e. The van der Waals surface area contributed by atoms with E-state index in [0.29, 0.717) is 65.4 Å². The van der Waals surface area contributed by atoms with Crippen molar-refractivity contribution in [1.29, 1.82) is 0 Å². The summed E-state index contributed by atoms with van der Waals surface area (Å²) in [5, 5.41) is 0. The van der Waals surface area contributed by atoms with Gasteiger partial charge in [0.05, 0.1) is 6.54 Å². The second-order valence-electron chi connectivity index (χ2n) is 9.30. The number of para-hydroxylation sites is 1. The Morgan fingerprint density at radius 2 is 1.91 bits per heavy atom. The molecule has 0 spiro atoms. The molecule has 3 amide bonds. The average Bonchev–Trinajstić information content (AvgIpc) is 2.83. The van der Waals surface area contributed by atoms with E-state index in [-0.39, 0.29) is 23.7 Å². The van der Waals surface area contributed by atoms with Crippen LogP contribution in [0.15, 0.2) is 36.4 Å². The lowest BCUT2D eigenvalue weighted by atomic mass is 9.82. The maximum absolute atomic E-state index is 13.0. The number of ether oxygens (including phenoxy) is 1. The van der Waals surface area contributed by atoms with Gasteiger partial charge in [-0.2, -0.15) is 0 Å². The molecule has 3 heterocycles. The van der Waals surface area contributed by atoms with Gasteiger partial charge in [-0.3, -0.25) is 19.3 Å². The van der Waals surface area contributed by atoms with Crippen molar-refractivity contribution in [3.05, 3.63) is 42.0 Å². The van der Waals surface area contributed by atoms with Crippen molar-refractivity contribution in [1.82, 2.24) is 19.6 Å². The molecule has 1 aromatic carbocycles. The lowest BCUT2D eigenvalue weighted by Gasteiger charge is -2.39. The number of hydrogen-bond donors (Lipinski definition) is 0. The summed E-state index contributed by atoms with van der Waals surface area (Å²) in [4.78, 5) is 44.5. The third-order valence-corrected chi connectivity index (χ3v) is 6.95. The average molecular weight is 455 g/mol. The van der Waals surface area contributed by atoms with Gasteiger partial charge in [-0.25, -0.2) is 0 Å². The van der Waals surface area contributed by atoms with Gasteiger partial charge < -0.3 is 19.4 Å². The molecule has 178 valence electrons. The quantitative estimate of drug-likeness (QED) is 0.507. The zero-order valence-electron chi connectivity index (χ0n) is 19.4. The van der Waals surface area contributed by atoms with Gasteiger partial charge in [-0.15, -0.1) is 0 Å². The van der Waals surface area contributed by atoms with E-state index in [0.717, 1.165) is 24.1 Å². The fraction of sp³-hybridized carbons (Fsp3) is 0.560. The van der Waals surface area contributed by atoms with Crippen molar-refractivity contribution in [2.45, 2.75) is 19.4 Å². The molecule has 0 aliphatic carbocycles. The predicted molar refractivity (Wildman–Crippen MR) is 124 cm³/mol. The van der Waals surface area contributed by atoms with Crippen LogP contribution in [0.3, 0.4) is 0 Å². The summed E-state index contributed by atoms with van der Waals surface area (Å²) in [5.74, 6) is 1.42. The number of likely N-dealkylation sites (N-methyl/N-ethyl adjacent to an activating group) is 1. The molecular weight excluding hydrogens is 420 g/mol. The summed E-state index contributed by atoms with van der Waals surface area (Å²) in [6, 6.07) is 7.95. The summed E-state index contributed by atoms with van der Waals surface area (Å²) in [6.45, 7) is 5.15. The lowest BCUT2D eigenvalue weighted by molar-refractivity contribution is -0.138. The summed E-state index contributed by atoms with van der Waals surface area (Å²) < 4.78 is 6.03. The van der Waals surface area contributed by atoms with E-state index >= 15 is 0 Å². The molecule has 2 fully saturated rings. The molecule has 8 heteroatoms. The SMILES string of the molecule is CN1CC(=O)N2CC[C@@H](CC(=O)N3CCN(C=O)CC3)[C@@H](/C=C\COc3ccccc3C1)C2. The van der Waals surface area contributed by atoms with Gasteiger partial charge in [0.2, 0.25) is 18.2 Å². The van der Waals surface area contributed by atoms with Crippen LogP contribution in [0.25, 0.3) is 0 Å². The highest BCUT2D eigenvalue weighted by Crippen LogP contribution is 2.29. The number of amides is 3. The molecule has 0 radical (unpaired) electrons. The second-order valence-corrected chi connectivity index (χ2v) is 9.30. The van der Waals surface area contributed by atoms with Crippen LogP contribution < -0.4 is 4.74 Å². The normalized spacial score (nSPS) is 25.7. The molecule has 33 heavy (non-hydrogen) atoms. The molecule has 0 saturated carbocycles. The summed E-state index contributed by atoms with van der Waals surface area (Å²) in [7, 11) is 1.96. The van der Waals surface area contributed by atoms with E-state index in [1.165, 1.54) is 0 Å². The van der Waals surface area contributed by atoms with E-state index in [9.17, 15) is 14.4 Å².